The Morgan fingerprint density at radius 2 is 1.88 bits per heavy atom. The molecule has 0 aliphatic carbocycles. The highest BCUT2D eigenvalue weighted by molar-refractivity contribution is 5.94. The van der Waals surface area contributed by atoms with Gasteiger partial charge in [-0.05, 0) is 36.7 Å². The summed E-state index contributed by atoms with van der Waals surface area (Å²) in [6.45, 7) is 6.66. The number of benzene rings is 2. The predicted octanol–water partition coefficient (Wildman–Crippen LogP) is 3.28. The fourth-order valence-electron chi connectivity index (χ4n) is 2.54. The maximum absolute atomic E-state index is 11.4. The number of hydrogen-bond acceptors (Lipinski definition) is 4. The maximum Gasteiger partial charge on any atom is 0.159 e. The van der Waals surface area contributed by atoms with Gasteiger partial charge >= 0.3 is 0 Å². The van der Waals surface area contributed by atoms with Crippen LogP contribution in [0.25, 0.3) is 0 Å². The van der Waals surface area contributed by atoms with Crippen LogP contribution in [0, 0.1) is 0 Å². The Morgan fingerprint density at radius 3 is 2.58 bits per heavy atom. The number of carbonyl (C=O) groups excluding carboxylic acids is 1. The SMILES string of the molecule is CCN(CCO)Cc1cccc(COc2cccc(C(C)=O)c2)c1. The van der Waals surface area contributed by atoms with Gasteiger partial charge < -0.3 is 9.84 Å². The first-order valence-corrected chi connectivity index (χ1v) is 8.27. The van der Waals surface area contributed by atoms with Gasteiger partial charge in [0.1, 0.15) is 12.4 Å². The molecule has 2 aromatic carbocycles. The van der Waals surface area contributed by atoms with Crippen LogP contribution in [-0.2, 0) is 13.2 Å². The molecule has 2 rings (SSSR count). The number of nitrogens with zero attached hydrogens (tertiary/aromatic N) is 1. The van der Waals surface area contributed by atoms with Gasteiger partial charge in [0.2, 0.25) is 0 Å². The molecule has 1 N–H and O–H groups in total. The molecule has 128 valence electrons. The third kappa shape index (κ3) is 5.48. The van der Waals surface area contributed by atoms with E-state index < -0.39 is 0 Å². The fraction of sp³-hybridized carbons (Fsp3) is 0.350. The second-order valence-corrected chi connectivity index (χ2v) is 5.79. The van der Waals surface area contributed by atoms with Crippen molar-refractivity contribution in [3.8, 4) is 5.75 Å². The van der Waals surface area contributed by atoms with Gasteiger partial charge in [-0.15, -0.1) is 0 Å². The zero-order valence-corrected chi connectivity index (χ0v) is 14.4. The largest absolute Gasteiger partial charge is 0.489 e. The first-order valence-electron chi connectivity index (χ1n) is 8.27. The quantitative estimate of drug-likeness (QED) is 0.718. The average Bonchev–Trinajstić information content (AvgIpc) is 2.60. The molecule has 0 aliphatic rings. The highest BCUT2D eigenvalue weighted by atomic mass is 16.5. The molecule has 4 heteroatoms. The van der Waals surface area contributed by atoms with Crippen molar-refractivity contribution in [3.63, 3.8) is 0 Å². The standard InChI is InChI=1S/C20H25NO3/c1-3-21(10-11-22)14-17-6-4-7-18(12-17)15-24-20-9-5-8-19(13-20)16(2)23/h4-9,12-13,22H,3,10-11,14-15H2,1-2H3. The van der Waals surface area contributed by atoms with Crippen LogP contribution in [0.15, 0.2) is 48.5 Å². The molecule has 0 amide bonds. The number of aliphatic hydroxyl groups excluding tert-OH is 1. The number of likely N-dealkylation sites (N-methyl/N-ethyl adjacent to an activating group) is 1. The highest BCUT2D eigenvalue weighted by Gasteiger charge is 2.05. The third-order valence-corrected chi connectivity index (χ3v) is 3.91. The van der Waals surface area contributed by atoms with Crippen LogP contribution in [-0.4, -0.2) is 35.5 Å². The van der Waals surface area contributed by atoms with E-state index in [9.17, 15) is 4.79 Å². The van der Waals surface area contributed by atoms with E-state index in [4.69, 9.17) is 9.84 Å². The van der Waals surface area contributed by atoms with Crippen LogP contribution in [0.2, 0.25) is 0 Å². The predicted molar refractivity (Wildman–Crippen MR) is 95.3 cm³/mol. The summed E-state index contributed by atoms with van der Waals surface area (Å²) in [5.41, 5.74) is 2.94. The van der Waals surface area contributed by atoms with Gasteiger partial charge in [-0.3, -0.25) is 9.69 Å². The van der Waals surface area contributed by atoms with Crippen molar-refractivity contribution in [1.29, 1.82) is 0 Å². The lowest BCUT2D eigenvalue weighted by Crippen LogP contribution is -2.26. The highest BCUT2D eigenvalue weighted by Crippen LogP contribution is 2.16. The Labute approximate surface area is 143 Å². The molecule has 0 fully saturated rings. The summed E-state index contributed by atoms with van der Waals surface area (Å²) in [6, 6.07) is 15.5. The Kier molecular flexibility index (Phi) is 6.97. The van der Waals surface area contributed by atoms with E-state index in [1.54, 1.807) is 19.1 Å². The second kappa shape index (κ2) is 9.21. The summed E-state index contributed by atoms with van der Waals surface area (Å²) < 4.78 is 5.81. The van der Waals surface area contributed by atoms with Crippen LogP contribution >= 0.6 is 0 Å². The molecule has 0 atom stereocenters. The summed E-state index contributed by atoms with van der Waals surface area (Å²) in [6.07, 6.45) is 0. The van der Waals surface area contributed by atoms with Gasteiger partial charge in [0.05, 0.1) is 6.61 Å². The molecule has 0 bridgehead atoms. The monoisotopic (exact) mass is 327 g/mol. The molecular weight excluding hydrogens is 302 g/mol. The lowest BCUT2D eigenvalue weighted by atomic mass is 10.1. The molecule has 4 nitrogen and oxygen atoms in total. The van der Waals surface area contributed by atoms with E-state index in [1.807, 2.05) is 24.3 Å². The van der Waals surface area contributed by atoms with Crippen LogP contribution < -0.4 is 4.74 Å². The van der Waals surface area contributed by atoms with Gasteiger partial charge in [0.15, 0.2) is 5.78 Å². The minimum atomic E-state index is 0.0333. The van der Waals surface area contributed by atoms with Crippen molar-refractivity contribution in [2.45, 2.75) is 27.0 Å². The normalized spacial score (nSPS) is 10.8. The summed E-state index contributed by atoms with van der Waals surface area (Å²) in [7, 11) is 0. The van der Waals surface area contributed by atoms with Crippen molar-refractivity contribution in [1.82, 2.24) is 4.90 Å². The minimum Gasteiger partial charge on any atom is -0.489 e. The number of Topliss-reactive ketones (excluding diaryl/α,β-unsaturated/α-hetero) is 1. The van der Waals surface area contributed by atoms with Crippen molar-refractivity contribution < 1.29 is 14.6 Å². The van der Waals surface area contributed by atoms with Crippen molar-refractivity contribution >= 4 is 5.78 Å². The molecular formula is C20H25NO3. The number of ether oxygens (including phenoxy) is 1. The molecule has 0 heterocycles. The molecule has 2 aromatic rings. The molecule has 0 saturated carbocycles. The molecule has 0 aromatic heterocycles. The van der Waals surface area contributed by atoms with E-state index in [2.05, 4.69) is 24.0 Å². The van der Waals surface area contributed by atoms with Crippen LogP contribution in [0.3, 0.4) is 0 Å². The molecule has 0 unspecified atom stereocenters. The topological polar surface area (TPSA) is 49.8 Å². The Morgan fingerprint density at radius 1 is 1.12 bits per heavy atom. The van der Waals surface area contributed by atoms with Gasteiger partial charge in [0, 0.05) is 18.7 Å². The third-order valence-electron chi connectivity index (χ3n) is 3.91. The molecule has 0 saturated heterocycles. The molecule has 0 aliphatic heterocycles. The summed E-state index contributed by atoms with van der Waals surface area (Å²) in [4.78, 5) is 13.6. The van der Waals surface area contributed by atoms with Gasteiger partial charge in [-0.2, -0.15) is 0 Å². The smallest absolute Gasteiger partial charge is 0.159 e. The Hall–Kier alpha value is -2.17. The van der Waals surface area contributed by atoms with Crippen molar-refractivity contribution in [2.75, 3.05) is 19.7 Å². The molecule has 0 spiro atoms. The summed E-state index contributed by atoms with van der Waals surface area (Å²) in [5, 5.41) is 9.09. The zero-order chi connectivity index (χ0) is 17.4. The van der Waals surface area contributed by atoms with Crippen molar-refractivity contribution in [2.24, 2.45) is 0 Å². The van der Waals surface area contributed by atoms with Gasteiger partial charge in [-0.1, -0.05) is 43.3 Å². The zero-order valence-electron chi connectivity index (χ0n) is 14.4. The van der Waals surface area contributed by atoms with Crippen LogP contribution in [0.4, 0.5) is 0 Å². The summed E-state index contributed by atoms with van der Waals surface area (Å²) >= 11 is 0. The number of hydrogen-bond donors (Lipinski definition) is 1. The van der Waals surface area contributed by atoms with E-state index >= 15 is 0 Å². The van der Waals surface area contributed by atoms with Gasteiger partial charge in [-0.25, -0.2) is 0 Å². The van der Waals surface area contributed by atoms with E-state index in [-0.39, 0.29) is 12.4 Å². The number of ketones is 1. The fourth-order valence-corrected chi connectivity index (χ4v) is 2.54. The maximum atomic E-state index is 11.4. The number of carbonyl (C=O) groups is 1. The minimum absolute atomic E-state index is 0.0333. The first-order chi connectivity index (χ1) is 11.6. The number of aliphatic hydroxyl groups is 1. The molecule has 0 radical (unpaired) electrons. The first kappa shape index (κ1) is 18.2. The Balaban J connectivity index is 1.99. The van der Waals surface area contributed by atoms with Crippen molar-refractivity contribution in [3.05, 3.63) is 65.2 Å². The van der Waals surface area contributed by atoms with E-state index in [0.717, 1.165) is 18.7 Å². The number of rotatable bonds is 9. The average molecular weight is 327 g/mol. The van der Waals surface area contributed by atoms with E-state index in [1.165, 1.54) is 5.56 Å². The van der Waals surface area contributed by atoms with Crippen LogP contribution in [0.5, 0.6) is 5.75 Å². The van der Waals surface area contributed by atoms with Crippen LogP contribution in [0.1, 0.15) is 35.3 Å². The molecule has 24 heavy (non-hydrogen) atoms. The lowest BCUT2D eigenvalue weighted by Gasteiger charge is -2.19. The Bertz CT molecular complexity index is 669. The summed E-state index contributed by atoms with van der Waals surface area (Å²) in [5.74, 6) is 0.731. The van der Waals surface area contributed by atoms with E-state index in [0.29, 0.717) is 24.5 Å². The lowest BCUT2D eigenvalue weighted by molar-refractivity contribution is 0.101. The second-order valence-electron chi connectivity index (χ2n) is 5.79. The van der Waals surface area contributed by atoms with Gasteiger partial charge in [0.25, 0.3) is 0 Å².